The highest BCUT2D eigenvalue weighted by Gasteiger charge is 2.23. The number of benzene rings is 1. The van der Waals surface area contributed by atoms with Crippen LogP contribution in [0.25, 0.3) is 10.9 Å². The number of thioether (sulfide) groups is 1. The Morgan fingerprint density at radius 3 is 3.16 bits per heavy atom. The van der Waals surface area contributed by atoms with Crippen molar-refractivity contribution in [3.63, 3.8) is 0 Å². The van der Waals surface area contributed by atoms with E-state index in [1.165, 1.54) is 29.8 Å². The average Bonchev–Trinajstić information content (AvgIpc) is 2.87. The van der Waals surface area contributed by atoms with Gasteiger partial charge in [-0.25, -0.2) is 0 Å². The zero-order valence-electron chi connectivity index (χ0n) is 11.0. The summed E-state index contributed by atoms with van der Waals surface area (Å²) >= 11 is 5.52. The smallest absolute Gasteiger partial charge is 0.0723 e. The van der Waals surface area contributed by atoms with Crippen LogP contribution in [0.5, 0.6) is 0 Å². The zero-order chi connectivity index (χ0) is 13.2. The number of rotatable bonds is 3. The number of anilines is 1. The van der Waals surface area contributed by atoms with Gasteiger partial charge in [-0.2, -0.15) is 11.8 Å². The summed E-state index contributed by atoms with van der Waals surface area (Å²) in [5, 5.41) is 1.25. The summed E-state index contributed by atoms with van der Waals surface area (Å²) < 4.78 is 1.12. The lowest BCUT2D eigenvalue weighted by Crippen LogP contribution is -2.20. The second-order valence-electron chi connectivity index (χ2n) is 5.05. The molecule has 2 nitrogen and oxygen atoms in total. The number of halogens is 1. The minimum atomic E-state index is 0.824. The molecule has 1 aromatic heterocycles. The summed E-state index contributed by atoms with van der Waals surface area (Å²) in [6.45, 7) is 2.34. The molecule has 1 unspecified atom stereocenters. The van der Waals surface area contributed by atoms with E-state index in [0.717, 1.165) is 22.5 Å². The number of hydrogen-bond donors (Lipinski definition) is 0. The van der Waals surface area contributed by atoms with E-state index in [-0.39, 0.29) is 0 Å². The molecule has 0 aliphatic carbocycles. The normalized spacial score (nSPS) is 19.3. The molecule has 2 heterocycles. The SMILES string of the molecule is CSCC1CCN(c2ccnc3ccc(Br)cc23)C1. The molecule has 2 aromatic rings. The molecule has 1 fully saturated rings. The van der Waals surface area contributed by atoms with Crippen LogP contribution in [0.3, 0.4) is 0 Å². The highest BCUT2D eigenvalue weighted by Crippen LogP contribution is 2.32. The average molecular weight is 337 g/mol. The first-order valence-corrected chi connectivity index (χ1v) is 8.75. The van der Waals surface area contributed by atoms with Gasteiger partial charge in [-0.1, -0.05) is 15.9 Å². The Hall–Kier alpha value is -0.740. The van der Waals surface area contributed by atoms with Gasteiger partial charge < -0.3 is 4.90 Å². The monoisotopic (exact) mass is 336 g/mol. The van der Waals surface area contributed by atoms with Gasteiger partial charge in [0.05, 0.1) is 5.52 Å². The molecule has 0 bridgehead atoms. The Morgan fingerprint density at radius 2 is 2.32 bits per heavy atom. The largest absolute Gasteiger partial charge is 0.371 e. The Labute approximate surface area is 126 Å². The molecule has 100 valence electrons. The molecule has 1 aliphatic heterocycles. The molecule has 3 rings (SSSR count). The fourth-order valence-corrected chi connectivity index (χ4v) is 3.91. The Morgan fingerprint density at radius 1 is 1.42 bits per heavy atom. The van der Waals surface area contributed by atoms with Crippen molar-refractivity contribution in [3.8, 4) is 0 Å². The molecular formula is C15H17BrN2S. The van der Waals surface area contributed by atoms with Crippen LogP contribution in [0, 0.1) is 5.92 Å². The summed E-state index contributed by atoms with van der Waals surface area (Å²) in [6, 6.07) is 8.47. The standard InChI is InChI=1S/C15H17BrN2S/c1-19-10-11-5-7-18(9-11)15-4-6-17-14-3-2-12(16)8-13(14)15/h2-4,6,8,11H,5,7,9-10H2,1H3. The van der Waals surface area contributed by atoms with Gasteiger partial charge in [-0.15, -0.1) is 0 Å². The van der Waals surface area contributed by atoms with Crippen LogP contribution < -0.4 is 4.90 Å². The van der Waals surface area contributed by atoms with Crippen molar-refractivity contribution in [1.29, 1.82) is 0 Å². The minimum absolute atomic E-state index is 0.824. The van der Waals surface area contributed by atoms with Crippen LogP contribution in [-0.4, -0.2) is 30.1 Å². The fourth-order valence-electron chi connectivity index (χ4n) is 2.80. The quantitative estimate of drug-likeness (QED) is 0.836. The zero-order valence-corrected chi connectivity index (χ0v) is 13.4. The summed E-state index contributed by atoms with van der Waals surface area (Å²) in [6.07, 6.45) is 5.42. The van der Waals surface area contributed by atoms with E-state index in [2.05, 4.69) is 56.3 Å². The summed E-state index contributed by atoms with van der Waals surface area (Å²) in [5.74, 6) is 2.09. The topological polar surface area (TPSA) is 16.1 Å². The van der Waals surface area contributed by atoms with Crippen molar-refractivity contribution in [1.82, 2.24) is 4.98 Å². The summed E-state index contributed by atoms with van der Waals surface area (Å²) in [4.78, 5) is 6.97. The lowest BCUT2D eigenvalue weighted by Gasteiger charge is -2.20. The van der Waals surface area contributed by atoms with Crippen LogP contribution in [0.15, 0.2) is 34.9 Å². The predicted molar refractivity (Wildman–Crippen MR) is 88.1 cm³/mol. The van der Waals surface area contributed by atoms with Crippen LogP contribution in [0.2, 0.25) is 0 Å². The fraction of sp³-hybridized carbons (Fsp3) is 0.400. The van der Waals surface area contributed by atoms with Crippen LogP contribution >= 0.6 is 27.7 Å². The number of aromatic nitrogens is 1. The van der Waals surface area contributed by atoms with Gasteiger partial charge in [0.1, 0.15) is 0 Å². The van der Waals surface area contributed by atoms with Crippen LogP contribution in [0.1, 0.15) is 6.42 Å². The molecule has 0 saturated carbocycles. The van der Waals surface area contributed by atoms with Gasteiger partial charge in [0, 0.05) is 34.8 Å². The number of nitrogens with zero attached hydrogens (tertiary/aromatic N) is 2. The third-order valence-electron chi connectivity index (χ3n) is 3.71. The molecule has 1 atom stereocenters. The van der Waals surface area contributed by atoms with E-state index < -0.39 is 0 Å². The van der Waals surface area contributed by atoms with Crippen LogP contribution in [0.4, 0.5) is 5.69 Å². The molecular weight excluding hydrogens is 320 g/mol. The van der Waals surface area contributed by atoms with E-state index >= 15 is 0 Å². The van der Waals surface area contributed by atoms with E-state index in [9.17, 15) is 0 Å². The minimum Gasteiger partial charge on any atom is -0.371 e. The molecule has 0 amide bonds. The molecule has 1 aromatic carbocycles. The number of fused-ring (bicyclic) bond motifs is 1. The maximum atomic E-state index is 4.46. The third-order valence-corrected chi connectivity index (χ3v) is 5.01. The van der Waals surface area contributed by atoms with Crippen molar-refractivity contribution < 1.29 is 0 Å². The van der Waals surface area contributed by atoms with Gasteiger partial charge >= 0.3 is 0 Å². The van der Waals surface area contributed by atoms with E-state index in [1.807, 2.05) is 18.0 Å². The van der Waals surface area contributed by atoms with E-state index in [0.29, 0.717) is 0 Å². The number of pyridine rings is 1. The van der Waals surface area contributed by atoms with Crippen molar-refractivity contribution in [2.75, 3.05) is 30.0 Å². The highest BCUT2D eigenvalue weighted by atomic mass is 79.9. The number of hydrogen-bond acceptors (Lipinski definition) is 3. The maximum absolute atomic E-state index is 4.46. The van der Waals surface area contributed by atoms with Crippen LogP contribution in [-0.2, 0) is 0 Å². The Balaban J connectivity index is 1.95. The highest BCUT2D eigenvalue weighted by molar-refractivity contribution is 9.10. The molecule has 4 heteroatoms. The van der Waals surface area contributed by atoms with Crippen molar-refractivity contribution in [3.05, 3.63) is 34.9 Å². The van der Waals surface area contributed by atoms with Gasteiger partial charge in [-0.05, 0) is 48.6 Å². The second-order valence-corrected chi connectivity index (χ2v) is 6.87. The van der Waals surface area contributed by atoms with Gasteiger partial charge in [-0.3, -0.25) is 4.98 Å². The van der Waals surface area contributed by atoms with Gasteiger partial charge in [0.15, 0.2) is 0 Å². The predicted octanol–water partition coefficient (Wildman–Crippen LogP) is 4.19. The van der Waals surface area contributed by atoms with Gasteiger partial charge in [0.25, 0.3) is 0 Å². The summed E-state index contributed by atoms with van der Waals surface area (Å²) in [7, 11) is 0. The van der Waals surface area contributed by atoms with Crippen molar-refractivity contribution in [2.45, 2.75) is 6.42 Å². The van der Waals surface area contributed by atoms with Crippen molar-refractivity contribution in [2.24, 2.45) is 5.92 Å². The Kier molecular flexibility index (Phi) is 3.99. The maximum Gasteiger partial charge on any atom is 0.0723 e. The lowest BCUT2D eigenvalue weighted by molar-refractivity contribution is 0.672. The van der Waals surface area contributed by atoms with E-state index in [1.54, 1.807) is 0 Å². The molecule has 0 radical (unpaired) electrons. The first-order valence-electron chi connectivity index (χ1n) is 6.56. The molecule has 0 N–H and O–H groups in total. The summed E-state index contributed by atoms with van der Waals surface area (Å²) in [5.41, 5.74) is 2.41. The molecule has 19 heavy (non-hydrogen) atoms. The molecule has 1 aliphatic rings. The second kappa shape index (κ2) is 5.71. The Bertz CT molecular complexity index is 587. The molecule has 0 spiro atoms. The first kappa shape index (κ1) is 13.3. The van der Waals surface area contributed by atoms with E-state index in [4.69, 9.17) is 0 Å². The third kappa shape index (κ3) is 2.75. The first-order chi connectivity index (χ1) is 9.28. The van der Waals surface area contributed by atoms with Gasteiger partial charge in [0.2, 0.25) is 0 Å². The lowest BCUT2D eigenvalue weighted by atomic mass is 10.1. The molecule has 1 saturated heterocycles. The van der Waals surface area contributed by atoms with Crippen molar-refractivity contribution >= 4 is 44.3 Å².